The van der Waals surface area contributed by atoms with Gasteiger partial charge in [0.05, 0.1) is 11.3 Å². The van der Waals surface area contributed by atoms with Crippen molar-refractivity contribution in [3.05, 3.63) is 71.0 Å². The number of halogens is 4. The number of hydrogen-bond acceptors (Lipinski definition) is 3. The van der Waals surface area contributed by atoms with Gasteiger partial charge in [-0.2, -0.15) is 5.01 Å². The van der Waals surface area contributed by atoms with Gasteiger partial charge in [-0.05, 0) is 24.3 Å². The molecule has 1 heterocycles. The van der Waals surface area contributed by atoms with Crippen LogP contribution in [-0.4, -0.2) is 22.8 Å². The van der Waals surface area contributed by atoms with E-state index in [4.69, 9.17) is 17.5 Å². The Bertz CT molecular complexity index is 774. The third kappa shape index (κ3) is 2.49. The molecule has 7 heteroatoms. The third-order valence-corrected chi connectivity index (χ3v) is 4.18. The monoisotopic (exact) mass is 339 g/mol. The predicted molar refractivity (Wildman–Crippen MR) is 83.0 cm³/mol. The molecule has 23 heavy (non-hydrogen) atoms. The zero-order chi connectivity index (χ0) is 16.7. The van der Waals surface area contributed by atoms with Gasteiger partial charge in [-0.3, -0.25) is 0 Å². The molecule has 3 nitrogen and oxygen atoms in total. The minimum absolute atomic E-state index is 0.0863. The molecule has 0 bridgehead atoms. The topological polar surface area (TPSA) is 32.5 Å². The van der Waals surface area contributed by atoms with Crippen molar-refractivity contribution in [2.75, 3.05) is 7.05 Å². The van der Waals surface area contributed by atoms with Crippen LogP contribution < -0.4 is 5.73 Å². The smallest absolute Gasteiger partial charge is 0.133 e. The van der Waals surface area contributed by atoms with E-state index in [0.717, 1.165) is 16.7 Å². The van der Waals surface area contributed by atoms with Crippen LogP contribution in [0.3, 0.4) is 0 Å². The molecular weight excluding hydrogens is 327 g/mol. The van der Waals surface area contributed by atoms with Gasteiger partial charge in [0.15, 0.2) is 0 Å². The maximum absolute atomic E-state index is 14.2. The van der Waals surface area contributed by atoms with Gasteiger partial charge in [-0.25, -0.2) is 17.7 Å². The van der Waals surface area contributed by atoms with Crippen LogP contribution in [0.2, 0.25) is 0 Å². The molecule has 0 aromatic heterocycles. The Labute approximate surface area is 136 Å². The number of rotatable bonds is 2. The summed E-state index contributed by atoms with van der Waals surface area (Å²) in [6.45, 7) is 0. The highest BCUT2D eigenvalue weighted by Gasteiger charge is 2.38. The summed E-state index contributed by atoms with van der Waals surface area (Å²) in [4.78, 5) is 0. The lowest BCUT2D eigenvalue weighted by molar-refractivity contribution is 0.149. The molecule has 1 aliphatic heterocycles. The molecule has 0 fully saturated rings. The van der Waals surface area contributed by atoms with E-state index in [1.807, 2.05) is 0 Å². The Hall–Kier alpha value is -2.02. The number of likely N-dealkylation sites (N-methyl/N-ethyl adjacent to an activating group) is 1. The van der Waals surface area contributed by atoms with Crippen LogP contribution >= 0.6 is 11.8 Å². The zero-order valence-electron chi connectivity index (χ0n) is 12.1. The van der Waals surface area contributed by atoms with Gasteiger partial charge in [0.2, 0.25) is 0 Å². The highest BCUT2D eigenvalue weighted by atomic mass is 35.5. The standard InChI is InChI=1S/C16H13ClF3N3/c1-22-16(21)14(13-11(19)7-4-8-12(13)20)15(23(22)17)9-5-2-3-6-10(9)18/h2-8,16H,21H2,1H3. The quantitative estimate of drug-likeness (QED) is 0.849. The highest BCUT2D eigenvalue weighted by molar-refractivity contribution is 6.20. The molecule has 0 spiro atoms. The van der Waals surface area contributed by atoms with Crippen LogP contribution in [0.5, 0.6) is 0 Å². The lowest BCUT2D eigenvalue weighted by Crippen LogP contribution is -2.40. The van der Waals surface area contributed by atoms with Gasteiger partial charge in [-0.15, -0.1) is 0 Å². The fourth-order valence-corrected chi connectivity index (χ4v) is 2.89. The van der Waals surface area contributed by atoms with Crippen LogP contribution in [0.25, 0.3) is 11.3 Å². The Morgan fingerprint density at radius 3 is 2.13 bits per heavy atom. The molecule has 1 aliphatic rings. The van der Waals surface area contributed by atoms with Crippen molar-refractivity contribution in [2.24, 2.45) is 5.73 Å². The second-order valence-corrected chi connectivity index (χ2v) is 5.44. The van der Waals surface area contributed by atoms with E-state index in [0.29, 0.717) is 0 Å². The van der Waals surface area contributed by atoms with Gasteiger partial charge in [0.25, 0.3) is 0 Å². The molecule has 3 rings (SSSR count). The molecule has 0 radical (unpaired) electrons. The number of hydrogen-bond donors (Lipinski definition) is 1. The van der Waals surface area contributed by atoms with Crippen molar-refractivity contribution < 1.29 is 13.2 Å². The summed E-state index contributed by atoms with van der Waals surface area (Å²) < 4.78 is 43.7. The van der Waals surface area contributed by atoms with Gasteiger partial charge in [0, 0.05) is 30.0 Å². The Kier molecular flexibility index (Phi) is 4.06. The number of nitrogens with zero attached hydrogens (tertiary/aromatic N) is 2. The third-order valence-electron chi connectivity index (χ3n) is 3.78. The van der Waals surface area contributed by atoms with Crippen LogP contribution in [0.4, 0.5) is 13.2 Å². The van der Waals surface area contributed by atoms with Crippen LogP contribution in [0, 0.1) is 17.5 Å². The normalized spacial score (nSPS) is 18.9. The summed E-state index contributed by atoms with van der Waals surface area (Å²) in [7, 11) is 1.55. The van der Waals surface area contributed by atoms with Crippen molar-refractivity contribution >= 4 is 23.0 Å². The lowest BCUT2D eigenvalue weighted by atomic mass is 9.97. The molecule has 120 valence electrons. The number of nitrogens with two attached hydrogens (primary N) is 1. The van der Waals surface area contributed by atoms with Crippen LogP contribution in [-0.2, 0) is 0 Å². The number of hydrazine groups is 1. The van der Waals surface area contributed by atoms with Crippen molar-refractivity contribution in [1.82, 2.24) is 9.54 Å². The minimum Gasteiger partial charge on any atom is -0.310 e. The lowest BCUT2D eigenvalue weighted by Gasteiger charge is -2.23. The van der Waals surface area contributed by atoms with E-state index in [1.54, 1.807) is 13.1 Å². The molecule has 2 aromatic rings. The van der Waals surface area contributed by atoms with Crippen molar-refractivity contribution in [3.63, 3.8) is 0 Å². The molecule has 0 aliphatic carbocycles. The molecule has 0 amide bonds. The molecule has 2 aromatic carbocycles. The van der Waals surface area contributed by atoms with Crippen LogP contribution in [0.1, 0.15) is 11.1 Å². The van der Waals surface area contributed by atoms with Crippen molar-refractivity contribution in [2.45, 2.75) is 6.17 Å². The fourth-order valence-electron chi connectivity index (χ4n) is 2.61. The van der Waals surface area contributed by atoms with E-state index < -0.39 is 23.6 Å². The predicted octanol–water partition coefficient (Wildman–Crippen LogP) is 3.57. The Morgan fingerprint density at radius 1 is 0.957 bits per heavy atom. The Balaban J connectivity index is 2.34. The first-order chi connectivity index (χ1) is 10.9. The first-order valence-electron chi connectivity index (χ1n) is 6.81. The Morgan fingerprint density at radius 2 is 1.52 bits per heavy atom. The fraction of sp³-hybridized carbons (Fsp3) is 0.125. The summed E-state index contributed by atoms with van der Waals surface area (Å²) in [5.41, 5.74) is 6.05. The van der Waals surface area contributed by atoms with Gasteiger partial charge < -0.3 is 5.73 Å². The minimum atomic E-state index is -0.923. The van der Waals surface area contributed by atoms with E-state index in [1.165, 1.54) is 29.3 Å². The molecular formula is C16H13ClF3N3. The van der Waals surface area contributed by atoms with E-state index in [2.05, 4.69) is 0 Å². The van der Waals surface area contributed by atoms with Gasteiger partial charge >= 0.3 is 0 Å². The summed E-state index contributed by atoms with van der Waals surface area (Å²) in [6, 6.07) is 9.33. The van der Waals surface area contributed by atoms with E-state index in [-0.39, 0.29) is 22.4 Å². The van der Waals surface area contributed by atoms with E-state index >= 15 is 0 Å². The van der Waals surface area contributed by atoms with Crippen molar-refractivity contribution in [1.29, 1.82) is 0 Å². The molecule has 0 saturated carbocycles. The van der Waals surface area contributed by atoms with Gasteiger partial charge in [-0.1, -0.05) is 18.2 Å². The maximum Gasteiger partial charge on any atom is 0.133 e. The van der Waals surface area contributed by atoms with Crippen molar-refractivity contribution in [3.8, 4) is 0 Å². The average Bonchev–Trinajstić information content (AvgIpc) is 2.73. The largest absolute Gasteiger partial charge is 0.310 e. The van der Waals surface area contributed by atoms with E-state index in [9.17, 15) is 13.2 Å². The molecule has 2 N–H and O–H groups in total. The summed E-state index contributed by atoms with van der Waals surface area (Å²) in [5.74, 6) is -2.14. The molecule has 0 saturated heterocycles. The first-order valence-corrected chi connectivity index (χ1v) is 7.15. The maximum atomic E-state index is 14.2. The zero-order valence-corrected chi connectivity index (χ0v) is 12.9. The average molecular weight is 340 g/mol. The summed E-state index contributed by atoms with van der Waals surface area (Å²) in [5, 5.41) is 1.37. The second-order valence-electron chi connectivity index (χ2n) is 5.12. The molecule has 1 atom stereocenters. The molecule has 1 unspecified atom stereocenters. The summed E-state index contributed by atoms with van der Waals surface area (Å²) >= 11 is 6.19. The van der Waals surface area contributed by atoms with Crippen LogP contribution in [0.15, 0.2) is 42.5 Å². The first kappa shape index (κ1) is 15.9. The summed E-state index contributed by atoms with van der Waals surface area (Å²) in [6.07, 6.45) is -0.923. The SMILES string of the molecule is CN1C(N)C(c2c(F)cccc2F)=C(c2ccccc2F)N1Cl. The highest BCUT2D eigenvalue weighted by Crippen LogP contribution is 2.42. The number of benzene rings is 2. The second kappa shape index (κ2) is 5.88. The van der Waals surface area contributed by atoms with Gasteiger partial charge in [0.1, 0.15) is 23.6 Å².